The summed E-state index contributed by atoms with van der Waals surface area (Å²) >= 11 is 5.90. The van der Waals surface area contributed by atoms with Crippen molar-refractivity contribution in [2.24, 2.45) is 0 Å². The number of amides is 1. The van der Waals surface area contributed by atoms with Gasteiger partial charge in [-0.2, -0.15) is 0 Å². The van der Waals surface area contributed by atoms with Crippen LogP contribution < -0.4 is 0 Å². The van der Waals surface area contributed by atoms with E-state index in [-0.39, 0.29) is 12.0 Å². The highest BCUT2D eigenvalue weighted by molar-refractivity contribution is 6.30. The lowest BCUT2D eigenvalue weighted by Gasteiger charge is -2.24. The molecule has 1 amide bonds. The van der Waals surface area contributed by atoms with Gasteiger partial charge in [-0.1, -0.05) is 35.9 Å². The van der Waals surface area contributed by atoms with Crippen molar-refractivity contribution >= 4 is 17.5 Å². The standard InChI is InChI=1S/C18H23ClN4O2/c1-2-9-22(12-16-4-3-10-25-16)18(24)17-13-23(21-20-17)11-14-5-7-15(19)8-6-14/h5-8,13,16H,2-4,9-12H2,1H3/t16-/m1/s1. The number of hydrogen-bond donors (Lipinski definition) is 0. The minimum atomic E-state index is -0.0836. The summed E-state index contributed by atoms with van der Waals surface area (Å²) in [4.78, 5) is 14.6. The normalized spacial score (nSPS) is 17.0. The zero-order valence-corrected chi connectivity index (χ0v) is 15.2. The van der Waals surface area contributed by atoms with E-state index in [2.05, 4.69) is 17.2 Å². The smallest absolute Gasteiger partial charge is 0.276 e. The van der Waals surface area contributed by atoms with Gasteiger partial charge in [0.15, 0.2) is 5.69 Å². The Hall–Kier alpha value is -1.92. The van der Waals surface area contributed by atoms with E-state index in [0.717, 1.165) is 31.4 Å². The molecule has 0 radical (unpaired) electrons. The molecule has 0 N–H and O–H groups in total. The lowest BCUT2D eigenvalue weighted by molar-refractivity contribution is 0.0522. The maximum Gasteiger partial charge on any atom is 0.276 e. The number of carbonyl (C=O) groups excluding carboxylic acids is 1. The van der Waals surface area contributed by atoms with Gasteiger partial charge in [0.1, 0.15) is 0 Å². The van der Waals surface area contributed by atoms with Gasteiger partial charge in [-0.15, -0.1) is 5.10 Å². The molecule has 1 saturated heterocycles. The summed E-state index contributed by atoms with van der Waals surface area (Å²) in [6.45, 7) is 4.72. The van der Waals surface area contributed by atoms with Gasteiger partial charge in [-0.25, -0.2) is 4.68 Å². The highest BCUT2D eigenvalue weighted by Crippen LogP contribution is 2.15. The predicted octanol–water partition coefficient (Wildman–Crippen LogP) is 3.01. The summed E-state index contributed by atoms with van der Waals surface area (Å²) in [5, 5.41) is 8.84. The lowest BCUT2D eigenvalue weighted by Crippen LogP contribution is -2.38. The van der Waals surface area contributed by atoms with E-state index < -0.39 is 0 Å². The van der Waals surface area contributed by atoms with Crippen molar-refractivity contribution in [3.8, 4) is 0 Å². The van der Waals surface area contributed by atoms with E-state index >= 15 is 0 Å². The van der Waals surface area contributed by atoms with Gasteiger partial charge in [0.05, 0.1) is 18.8 Å². The molecule has 1 aromatic heterocycles. The summed E-state index contributed by atoms with van der Waals surface area (Å²) in [7, 11) is 0. The molecule has 3 rings (SSSR count). The third-order valence-electron chi connectivity index (χ3n) is 4.24. The number of carbonyl (C=O) groups is 1. The van der Waals surface area contributed by atoms with Crippen LogP contribution in [0, 0.1) is 0 Å². The van der Waals surface area contributed by atoms with E-state index in [1.165, 1.54) is 0 Å². The van der Waals surface area contributed by atoms with Crippen molar-refractivity contribution < 1.29 is 9.53 Å². The Labute approximate surface area is 152 Å². The SMILES string of the molecule is CCCN(C[C@H]1CCCO1)C(=O)c1cn(Cc2ccc(Cl)cc2)nn1. The summed E-state index contributed by atoms with van der Waals surface area (Å²) in [6, 6.07) is 7.55. The topological polar surface area (TPSA) is 60.2 Å². The van der Waals surface area contributed by atoms with Crippen LogP contribution in [0.3, 0.4) is 0 Å². The van der Waals surface area contributed by atoms with Crippen molar-refractivity contribution in [3.05, 3.63) is 46.7 Å². The van der Waals surface area contributed by atoms with Gasteiger partial charge in [0, 0.05) is 24.7 Å². The molecule has 0 spiro atoms. The molecule has 1 atom stereocenters. The average molecular weight is 363 g/mol. The van der Waals surface area contributed by atoms with Crippen LogP contribution in [0.2, 0.25) is 5.02 Å². The first kappa shape index (κ1) is 17.9. The molecule has 134 valence electrons. The first-order valence-corrected chi connectivity index (χ1v) is 9.09. The number of hydrogen-bond acceptors (Lipinski definition) is 4. The third-order valence-corrected chi connectivity index (χ3v) is 4.50. The molecule has 1 aromatic carbocycles. The number of rotatable bonds is 7. The predicted molar refractivity (Wildman–Crippen MR) is 95.7 cm³/mol. The second kappa shape index (κ2) is 8.45. The fourth-order valence-electron chi connectivity index (χ4n) is 2.99. The molecule has 25 heavy (non-hydrogen) atoms. The third kappa shape index (κ3) is 4.80. The van der Waals surface area contributed by atoms with Crippen LogP contribution in [-0.4, -0.2) is 51.6 Å². The summed E-state index contributed by atoms with van der Waals surface area (Å²) in [5.74, 6) is -0.0836. The van der Waals surface area contributed by atoms with Gasteiger partial charge in [-0.3, -0.25) is 4.79 Å². The Kier molecular flexibility index (Phi) is 6.04. The van der Waals surface area contributed by atoms with Crippen molar-refractivity contribution in [2.75, 3.05) is 19.7 Å². The molecule has 2 heterocycles. The molecule has 0 saturated carbocycles. The maximum absolute atomic E-state index is 12.8. The first-order valence-electron chi connectivity index (χ1n) is 8.71. The summed E-state index contributed by atoms with van der Waals surface area (Å²) in [6.07, 6.45) is 4.82. The molecule has 0 unspecified atom stereocenters. The fourth-order valence-corrected chi connectivity index (χ4v) is 3.12. The molecule has 2 aromatic rings. The van der Waals surface area contributed by atoms with Gasteiger partial charge < -0.3 is 9.64 Å². The van der Waals surface area contributed by atoms with E-state index in [1.54, 1.807) is 10.9 Å². The van der Waals surface area contributed by atoms with Gasteiger partial charge in [-0.05, 0) is 37.0 Å². The second-order valence-corrected chi connectivity index (χ2v) is 6.75. The highest BCUT2D eigenvalue weighted by Gasteiger charge is 2.24. The Bertz CT molecular complexity index is 695. The number of nitrogens with zero attached hydrogens (tertiary/aromatic N) is 4. The molecule has 7 heteroatoms. The van der Waals surface area contributed by atoms with Crippen molar-refractivity contribution in [1.82, 2.24) is 19.9 Å². The number of benzene rings is 1. The first-order chi connectivity index (χ1) is 12.2. The molecular weight excluding hydrogens is 340 g/mol. The van der Waals surface area contributed by atoms with Crippen LogP contribution in [0.15, 0.2) is 30.5 Å². The second-order valence-electron chi connectivity index (χ2n) is 6.31. The van der Waals surface area contributed by atoms with Crippen molar-refractivity contribution in [1.29, 1.82) is 0 Å². The van der Waals surface area contributed by atoms with E-state index in [4.69, 9.17) is 16.3 Å². The minimum Gasteiger partial charge on any atom is -0.376 e. The molecule has 0 bridgehead atoms. The Balaban J connectivity index is 1.65. The number of ether oxygens (including phenoxy) is 1. The lowest BCUT2D eigenvalue weighted by atomic mass is 10.2. The zero-order chi connectivity index (χ0) is 17.6. The monoisotopic (exact) mass is 362 g/mol. The largest absolute Gasteiger partial charge is 0.376 e. The van der Waals surface area contributed by atoms with Crippen LogP contribution in [0.25, 0.3) is 0 Å². The number of halogens is 1. The van der Waals surface area contributed by atoms with Gasteiger partial charge >= 0.3 is 0 Å². The fraction of sp³-hybridized carbons (Fsp3) is 0.500. The summed E-state index contributed by atoms with van der Waals surface area (Å²) in [5.41, 5.74) is 1.43. The Morgan fingerprint density at radius 3 is 2.88 bits per heavy atom. The summed E-state index contributed by atoms with van der Waals surface area (Å²) < 4.78 is 7.34. The van der Waals surface area contributed by atoms with Crippen LogP contribution >= 0.6 is 11.6 Å². The molecule has 6 nitrogen and oxygen atoms in total. The van der Waals surface area contributed by atoms with Crippen molar-refractivity contribution in [2.45, 2.75) is 38.8 Å². The molecule has 1 aliphatic heterocycles. The quantitative estimate of drug-likeness (QED) is 0.759. The van der Waals surface area contributed by atoms with Gasteiger partial charge in [0.25, 0.3) is 5.91 Å². The highest BCUT2D eigenvalue weighted by atomic mass is 35.5. The Morgan fingerprint density at radius 1 is 1.40 bits per heavy atom. The van der Waals surface area contributed by atoms with Crippen LogP contribution in [0.1, 0.15) is 42.2 Å². The minimum absolute atomic E-state index is 0.0836. The average Bonchev–Trinajstić information content (AvgIpc) is 3.28. The van der Waals surface area contributed by atoms with E-state index in [9.17, 15) is 4.79 Å². The van der Waals surface area contributed by atoms with E-state index in [0.29, 0.717) is 30.4 Å². The molecule has 1 aliphatic rings. The van der Waals surface area contributed by atoms with Crippen LogP contribution in [0.4, 0.5) is 0 Å². The van der Waals surface area contributed by atoms with Crippen LogP contribution in [0.5, 0.6) is 0 Å². The van der Waals surface area contributed by atoms with Gasteiger partial charge in [0.2, 0.25) is 0 Å². The molecular formula is C18H23ClN4O2. The van der Waals surface area contributed by atoms with E-state index in [1.807, 2.05) is 29.2 Å². The Morgan fingerprint density at radius 2 is 2.20 bits per heavy atom. The van der Waals surface area contributed by atoms with Crippen molar-refractivity contribution in [3.63, 3.8) is 0 Å². The number of aromatic nitrogens is 3. The van der Waals surface area contributed by atoms with Crippen LogP contribution in [-0.2, 0) is 11.3 Å². The maximum atomic E-state index is 12.8. The molecule has 1 fully saturated rings. The molecule has 0 aliphatic carbocycles. The zero-order valence-electron chi connectivity index (χ0n) is 14.4.